The maximum atomic E-state index is 5.81. The van der Waals surface area contributed by atoms with Crippen molar-refractivity contribution in [2.75, 3.05) is 13.2 Å². The van der Waals surface area contributed by atoms with Crippen molar-refractivity contribution in [3.8, 4) is 5.75 Å². The van der Waals surface area contributed by atoms with Crippen molar-refractivity contribution >= 4 is 0 Å². The second-order valence-electron chi connectivity index (χ2n) is 4.72. The molecule has 0 radical (unpaired) electrons. The van der Waals surface area contributed by atoms with Gasteiger partial charge in [0.1, 0.15) is 12.4 Å². The van der Waals surface area contributed by atoms with Crippen LogP contribution in [0.25, 0.3) is 0 Å². The molecule has 0 aromatic heterocycles. The first-order chi connectivity index (χ1) is 8.22. The van der Waals surface area contributed by atoms with Crippen molar-refractivity contribution in [2.24, 2.45) is 0 Å². The molecule has 1 aliphatic rings. The van der Waals surface area contributed by atoms with Gasteiger partial charge in [-0.15, -0.1) is 0 Å². The van der Waals surface area contributed by atoms with Crippen molar-refractivity contribution < 1.29 is 4.74 Å². The fourth-order valence-electron chi connectivity index (χ4n) is 2.42. The van der Waals surface area contributed by atoms with Crippen molar-refractivity contribution in [3.05, 3.63) is 41.5 Å². The molecule has 17 heavy (non-hydrogen) atoms. The molecule has 1 unspecified atom stereocenters. The van der Waals surface area contributed by atoms with Crippen LogP contribution in [-0.2, 0) is 6.42 Å². The van der Waals surface area contributed by atoms with Crippen LogP contribution < -0.4 is 10.1 Å². The second-order valence-corrected chi connectivity index (χ2v) is 4.72. The molecule has 2 rings (SSSR count). The average molecular weight is 231 g/mol. The summed E-state index contributed by atoms with van der Waals surface area (Å²) in [5.74, 6) is 1.03. The zero-order valence-corrected chi connectivity index (χ0v) is 10.8. The van der Waals surface area contributed by atoms with Crippen LogP contribution >= 0.6 is 0 Å². The van der Waals surface area contributed by atoms with E-state index < -0.39 is 0 Å². The van der Waals surface area contributed by atoms with E-state index in [1.807, 2.05) is 6.92 Å². The Morgan fingerprint density at radius 3 is 3.06 bits per heavy atom. The van der Waals surface area contributed by atoms with Gasteiger partial charge >= 0.3 is 0 Å². The smallest absolute Gasteiger partial charge is 0.123 e. The van der Waals surface area contributed by atoms with Gasteiger partial charge in [0, 0.05) is 6.04 Å². The van der Waals surface area contributed by atoms with Crippen molar-refractivity contribution in [3.63, 3.8) is 0 Å². The minimum Gasteiger partial charge on any atom is -0.489 e. The monoisotopic (exact) mass is 231 g/mol. The molecule has 1 atom stereocenters. The molecule has 0 fully saturated rings. The van der Waals surface area contributed by atoms with Gasteiger partial charge in [-0.3, -0.25) is 0 Å². The summed E-state index contributed by atoms with van der Waals surface area (Å²) in [7, 11) is 0. The van der Waals surface area contributed by atoms with Crippen LogP contribution in [0.2, 0.25) is 0 Å². The Morgan fingerprint density at radius 2 is 2.35 bits per heavy atom. The largest absolute Gasteiger partial charge is 0.489 e. The fourth-order valence-corrected chi connectivity index (χ4v) is 2.42. The molecule has 1 aromatic carbocycles. The molecular formula is C15H21NO. The summed E-state index contributed by atoms with van der Waals surface area (Å²) in [6.45, 7) is 9.64. The number of ether oxygens (including phenoxy) is 1. The summed E-state index contributed by atoms with van der Waals surface area (Å²) >= 11 is 0. The molecule has 1 N–H and O–H groups in total. The quantitative estimate of drug-likeness (QED) is 0.785. The molecule has 0 saturated carbocycles. The summed E-state index contributed by atoms with van der Waals surface area (Å²) in [6.07, 6.45) is 2.29. The third-order valence-corrected chi connectivity index (χ3v) is 3.15. The molecule has 2 heteroatoms. The van der Waals surface area contributed by atoms with E-state index in [9.17, 15) is 0 Å². The zero-order valence-electron chi connectivity index (χ0n) is 10.8. The third kappa shape index (κ3) is 2.70. The van der Waals surface area contributed by atoms with Gasteiger partial charge in [0.05, 0.1) is 0 Å². The van der Waals surface area contributed by atoms with E-state index in [4.69, 9.17) is 4.74 Å². The molecular weight excluding hydrogens is 210 g/mol. The summed E-state index contributed by atoms with van der Waals surface area (Å²) in [5.41, 5.74) is 3.84. The summed E-state index contributed by atoms with van der Waals surface area (Å²) < 4.78 is 5.81. The van der Waals surface area contributed by atoms with Crippen molar-refractivity contribution in [2.45, 2.75) is 32.7 Å². The van der Waals surface area contributed by atoms with Gasteiger partial charge in [-0.1, -0.05) is 25.6 Å². The average Bonchev–Trinajstić information content (AvgIpc) is 2.71. The van der Waals surface area contributed by atoms with Gasteiger partial charge in [0.25, 0.3) is 0 Å². The number of rotatable bonds is 5. The number of fused-ring (bicyclic) bond motifs is 1. The molecule has 0 aliphatic heterocycles. The van der Waals surface area contributed by atoms with Crippen LogP contribution in [0.1, 0.15) is 37.4 Å². The predicted octanol–water partition coefficient (Wildman–Crippen LogP) is 3.24. The van der Waals surface area contributed by atoms with Gasteiger partial charge in [-0.25, -0.2) is 0 Å². The van der Waals surface area contributed by atoms with E-state index in [0.29, 0.717) is 12.6 Å². The van der Waals surface area contributed by atoms with Crippen LogP contribution in [0.5, 0.6) is 5.75 Å². The number of hydrogen-bond acceptors (Lipinski definition) is 2. The third-order valence-electron chi connectivity index (χ3n) is 3.15. The first-order valence-corrected chi connectivity index (χ1v) is 6.34. The lowest BCUT2D eigenvalue weighted by atomic mass is 10.1. The van der Waals surface area contributed by atoms with E-state index in [1.165, 1.54) is 17.5 Å². The minimum absolute atomic E-state index is 0.503. The van der Waals surface area contributed by atoms with Gasteiger partial charge in [-0.2, -0.15) is 0 Å². The number of hydrogen-bond donors (Lipinski definition) is 1. The second kappa shape index (κ2) is 5.37. The highest BCUT2D eigenvalue weighted by Crippen LogP contribution is 2.36. The summed E-state index contributed by atoms with van der Waals surface area (Å²) in [4.78, 5) is 0. The zero-order chi connectivity index (χ0) is 12.3. The highest BCUT2D eigenvalue weighted by molar-refractivity contribution is 5.45. The van der Waals surface area contributed by atoms with Crippen LogP contribution in [0, 0.1) is 0 Å². The maximum Gasteiger partial charge on any atom is 0.123 e. The van der Waals surface area contributed by atoms with Gasteiger partial charge in [0.2, 0.25) is 0 Å². The summed E-state index contributed by atoms with van der Waals surface area (Å²) in [5, 5.41) is 3.52. The number of benzene rings is 1. The number of nitrogens with one attached hydrogen (secondary N) is 1. The highest BCUT2D eigenvalue weighted by atomic mass is 16.5. The highest BCUT2D eigenvalue weighted by Gasteiger charge is 2.24. The van der Waals surface area contributed by atoms with E-state index >= 15 is 0 Å². The molecule has 1 aromatic rings. The molecule has 0 saturated heterocycles. The minimum atomic E-state index is 0.503. The topological polar surface area (TPSA) is 21.3 Å². The van der Waals surface area contributed by atoms with Crippen LogP contribution in [0.4, 0.5) is 0 Å². The molecule has 92 valence electrons. The van der Waals surface area contributed by atoms with E-state index in [1.54, 1.807) is 0 Å². The standard InChI is InChI=1S/C15H21NO/c1-4-16-14-9-8-13-12(14)6-5-7-15(13)17-10-11(2)3/h5-7,14,16H,2,4,8-10H2,1,3H3. The fraction of sp³-hybridized carbons (Fsp3) is 0.467. The Bertz CT molecular complexity index is 411. The predicted molar refractivity (Wildman–Crippen MR) is 71.5 cm³/mol. The van der Waals surface area contributed by atoms with Gasteiger partial charge in [0.15, 0.2) is 0 Å². The van der Waals surface area contributed by atoms with Crippen LogP contribution in [0.3, 0.4) is 0 Å². The lowest BCUT2D eigenvalue weighted by molar-refractivity contribution is 0.349. The Morgan fingerprint density at radius 1 is 1.53 bits per heavy atom. The Hall–Kier alpha value is -1.28. The molecule has 0 bridgehead atoms. The van der Waals surface area contributed by atoms with Crippen LogP contribution in [-0.4, -0.2) is 13.2 Å². The van der Waals surface area contributed by atoms with E-state index in [-0.39, 0.29) is 0 Å². The molecule has 1 aliphatic carbocycles. The lowest BCUT2D eigenvalue weighted by Gasteiger charge is -2.14. The molecule has 0 heterocycles. The Balaban J connectivity index is 2.17. The normalized spacial score (nSPS) is 17.9. The Kier molecular flexibility index (Phi) is 3.85. The lowest BCUT2D eigenvalue weighted by Crippen LogP contribution is -2.18. The SMILES string of the molecule is C=C(C)COc1cccc2c1CCC2NCC. The summed E-state index contributed by atoms with van der Waals surface area (Å²) in [6, 6.07) is 6.87. The molecule has 2 nitrogen and oxygen atoms in total. The van der Waals surface area contributed by atoms with E-state index in [0.717, 1.165) is 24.3 Å². The maximum absolute atomic E-state index is 5.81. The van der Waals surface area contributed by atoms with Crippen LogP contribution in [0.15, 0.2) is 30.4 Å². The molecule has 0 amide bonds. The van der Waals surface area contributed by atoms with Gasteiger partial charge < -0.3 is 10.1 Å². The Labute approximate surface area is 104 Å². The first-order valence-electron chi connectivity index (χ1n) is 6.34. The first kappa shape index (κ1) is 12.2. The van der Waals surface area contributed by atoms with E-state index in [2.05, 4.69) is 37.0 Å². The van der Waals surface area contributed by atoms with Gasteiger partial charge in [-0.05, 0) is 49.1 Å². The van der Waals surface area contributed by atoms with Crippen molar-refractivity contribution in [1.29, 1.82) is 0 Å². The van der Waals surface area contributed by atoms with Crippen molar-refractivity contribution in [1.82, 2.24) is 5.32 Å². The molecule has 0 spiro atoms.